The molecule has 0 saturated heterocycles. The van der Waals surface area contributed by atoms with Gasteiger partial charge >= 0.3 is 0 Å². The first-order chi connectivity index (χ1) is 18.9. The maximum Gasteiger partial charge on any atom is 0.271 e. The molecular formula is C29H34N4O6S. The third-order valence-corrected chi connectivity index (χ3v) is 8.01. The van der Waals surface area contributed by atoms with Gasteiger partial charge in [-0.2, -0.15) is 0 Å². The summed E-state index contributed by atoms with van der Waals surface area (Å²) in [6, 6.07) is 19.2. The van der Waals surface area contributed by atoms with Crippen LogP contribution >= 0.6 is 0 Å². The number of non-ortho nitro benzene ring substituents is 1. The van der Waals surface area contributed by atoms with E-state index in [-0.39, 0.29) is 34.6 Å². The van der Waals surface area contributed by atoms with Gasteiger partial charge in [-0.25, -0.2) is 8.42 Å². The number of nitro benzene ring substituents is 1. The van der Waals surface area contributed by atoms with Gasteiger partial charge in [0.2, 0.25) is 11.8 Å². The van der Waals surface area contributed by atoms with Crippen LogP contribution in [0.3, 0.4) is 0 Å². The van der Waals surface area contributed by atoms with Crippen molar-refractivity contribution in [3.63, 3.8) is 0 Å². The number of carbonyl (C=O) groups is 2. The Balaban J connectivity index is 2.05. The van der Waals surface area contributed by atoms with E-state index in [1.54, 1.807) is 25.1 Å². The van der Waals surface area contributed by atoms with Crippen molar-refractivity contribution in [2.45, 2.75) is 45.2 Å². The number of carbonyl (C=O) groups excluding carboxylic acids is 2. The van der Waals surface area contributed by atoms with Crippen LogP contribution in [0.15, 0.2) is 83.8 Å². The van der Waals surface area contributed by atoms with Crippen LogP contribution in [0.25, 0.3) is 0 Å². The molecule has 0 spiro atoms. The van der Waals surface area contributed by atoms with Crippen LogP contribution in [-0.4, -0.2) is 49.2 Å². The Bertz CT molecular complexity index is 1460. The molecule has 0 heterocycles. The summed E-state index contributed by atoms with van der Waals surface area (Å²) in [5.74, 6) is -0.820. The second-order valence-corrected chi connectivity index (χ2v) is 11.8. The number of hydrogen-bond donors (Lipinski definition) is 1. The Morgan fingerprint density at radius 2 is 1.62 bits per heavy atom. The molecule has 2 amide bonds. The molecule has 40 heavy (non-hydrogen) atoms. The minimum Gasteiger partial charge on any atom is -0.354 e. The maximum atomic E-state index is 13.9. The highest BCUT2D eigenvalue weighted by atomic mass is 32.2. The average molecular weight is 567 g/mol. The van der Waals surface area contributed by atoms with Gasteiger partial charge < -0.3 is 10.2 Å². The van der Waals surface area contributed by atoms with Crippen molar-refractivity contribution in [2.75, 3.05) is 17.4 Å². The van der Waals surface area contributed by atoms with Crippen LogP contribution < -0.4 is 9.62 Å². The molecule has 3 aromatic carbocycles. The van der Waals surface area contributed by atoms with Gasteiger partial charge in [0.25, 0.3) is 15.7 Å². The summed E-state index contributed by atoms with van der Waals surface area (Å²) >= 11 is 0. The molecule has 0 radical (unpaired) electrons. The molecule has 11 heteroatoms. The lowest BCUT2D eigenvalue weighted by Crippen LogP contribution is -2.51. The Morgan fingerprint density at radius 1 is 0.950 bits per heavy atom. The molecule has 1 N–H and O–H groups in total. The van der Waals surface area contributed by atoms with Crippen molar-refractivity contribution in [2.24, 2.45) is 5.92 Å². The highest BCUT2D eigenvalue weighted by Gasteiger charge is 2.33. The standard InChI is InChI=1S/C29H34N4O6S/c1-21(2)18-30-29(35)23(4)31(19-24-11-8-10-22(3)16-24)28(34)20-32(25-12-9-13-26(17-25)33(36)37)40(38,39)27-14-6-5-7-15-27/h5-17,21,23H,18-20H2,1-4H3,(H,30,35)/t23-/m1/s1. The zero-order chi connectivity index (χ0) is 29.4. The number of nitro groups is 1. The summed E-state index contributed by atoms with van der Waals surface area (Å²) in [5.41, 5.74) is 1.37. The Morgan fingerprint density at radius 3 is 2.25 bits per heavy atom. The lowest BCUT2D eigenvalue weighted by Gasteiger charge is -2.32. The van der Waals surface area contributed by atoms with Crippen molar-refractivity contribution >= 4 is 33.2 Å². The fourth-order valence-electron chi connectivity index (χ4n) is 4.05. The molecule has 0 aliphatic heterocycles. The van der Waals surface area contributed by atoms with Crippen molar-refractivity contribution in [3.8, 4) is 0 Å². The molecule has 10 nitrogen and oxygen atoms in total. The van der Waals surface area contributed by atoms with Crippen LogP contribution in [0.4, 0.5) is 11.4 Å². The van der Waals surface area contributed by atoms with Crippen LogP contribution in [0.1, 0.15) is 31.9 Å². The second kappa shape index (κ2) is 13.2. The largest absolute Gasteiger partial charge is 0.354 e. The zero-order valence-electron chi connectivity index (χ0n) is 23.0. The van der Waals surface area contributed by atoms with E-state index in [1.165, 1.54) is 35.2 Å². The molecule has 212 valence electrons. The number of hydrogen-bond acceptors (Lipinski definition) is 6. The fraction of sp³-hybridized carbons (Fsp3) is 0.310. The predicted octanol–water partition coefficient (Wildman–Crippen LogP) is 4.29. The number of nitrogens with zero attached hydrogens (tertiary/aromatic N) is 3. The van der Waals surface area contributed by atoms with Crippen molar-refractivity contribution in [1.82, 2.24) is 10.2 Å². The first kappa shape index (κ1) is 30.3. The molecule has 0 unspecified atom stereocenters. The highest BCUT2D eigenvalue weighted by Crippen LogP contribution is 2.27. The molecule has 1 atom stereocenters. The fourth-order valence-corrected chi connectivity index (χ4v) is 5.48. The van der Waals surface area contributed by atoms with E-state index in [2.05, 4.69) is 5.32 Å². The summed E-state index contributed by atoms with van der Waals surface area (Å²) in [4.78, 5) is 39.0. The van der Waals surface area contributed by atoms with Gasteiger partial charge in [0.1, 0.15) is 12.6 Å². The lowest BCUT2D eigenvalue weighted by molar-refractivity contribution is -0.384. The van der Waals surface area contributed by atoms with Gasteiger partial charge in [0.05, 0.1) is 15.5 Å². The third kappa shape index (κ3) is 7.66. The molecular weight excluding hydrogens is 532 g/mol. The summed E-state index contributed by atoms with van der Waals surface area (Å²) in [6.07, 6.45) is 0. The molecule has 0 bridgehead atoms. The van der Waals surface area contributed by atoms with E-state index in [0.717, 1.165) is 21.5 Å². The van der Waals surface area contributed by atoms with Gasteiger partial charge in [0.15, 0.2) is 0 Å². The number of benzene rings is 3. The first-order valence-corrected chi connectivity index (χ1v) is 14.3. The summed E-state index contributed by atoms with van der Waals surface area (Å²) in [5, 5.41) is 14.3. The Kier molecular flexibility index (Phi) is 10.0. The Labute approximate surface area is 234 Å². The molecule has 0 fully saturated rings. The summed E-state index contributed by atoms with van der Waals surface area (Å²) in [6.45, 7) is 7.20. The predicted molar refractivity (Wildman–Crippen MR) is 153 cm³/mol. The number of rotatable bonds is 12. The normalized spacial score (nSPS) is 12.0. The average Bonchev–Trinajstić information content (AvgIpc) is 2.93. The van der Waals surface area contributed by atoms with E-state index < -0.39 is 33.4 Å². The van der Waals surface area contributed by atoms with Crippen LogP contribution in [0, 0.1) is 23.0 Å². The quantitative estimate of drug-likeness (QED) is 0.257. The van der Waals surface area contributed by atoms with Gasteiger partial charge in [-0.3, -0.25) is 24.0 Å². The summed E-state index contributed by atoms with van der Waals surface area (Å²) < 4.78 is 28.4. The smallest absolute Gasteiger partial charge is 0.271 e. The number of sulfonamides is 1. The van der Waals surface area contributed by atoms with Crippen molar-refractivity contribution < 1.29 is 22.9 Å². The molecule has 3 rings (SSSR count). The third-order valence-electron chi connectivity index (χ3n) is 6.23. The molecule has 3 aromatic rings. The first-order valence-electron chi connectivity index (χ1n) is 12.8. The molecule has 0 saturated carbocycles. The number of nitrogens with one attached hydrogen (secondary N) is 1. The van der Waals surface area contributed by atoms with Gasteiger partial charge in [0, 0.05) is 25.2 Å². The minimum atomic E-state index is -4.31. The van der Waals surface area contributed by atoms with E-state index in [0.29, 0.717) is 6.54 Å². The van der Waals surface area contributed by atoms with Gasteiger partial charge in [-0.05, 0) is 43.5 Å². The number of aryl methyl sites for hydroxylation is 1. The maximum absolute atomic E-state index is 13.9. The SMILES string of the molecule is Cc1cccc(CN(C(=O)CN(c2cccc([N+](=O)[O-])c2)S(=O)(=O)c2ccccc2)[C@H](C)C(=O)NCC(C)C)c1. The lowest BCUT2D eigenvalue weighted by atomic mass is 10.1. The number of amides is 2. The van der Waals surface area contributed by atoms with Crippen LogP contribution in [0.5, 0.6) is 0 Å². The minimum absolute atomic E-state index is 0.0428. The van der Waals surface area contributed by atoms with Crippen molar-refractivity contribution in [3.05, 3.63) is 100 Å². The van der Waals surface area contributed by atoms with Crippen molar-refractivity contribution in [1.29, 1.82) is 0 Å². The zero-order valence-corrected chi connectivity index (χ0v) is 23.8. The molecule has 0 aromatic heterocycles. The van der Waals surface area contributed by atoms with Crippen LogP contribution in [0.2, 0.25) is 0 Å². The van der Waals surface area contributed by atoms with Gasteiger partial charge in [-0.15, -0.1) is 0 Å². The van der Waals surface area contributed by atoms with Gasteiger partial charge in [-0.1, -0.05) is 67.9 Å². The number of anilines is 1. The van der Waals surface area contributed by atoms with E-state index in [1.807, 2.05) is 45.0 Å². The monoisotopic (exact) mass is 566 g/mol. The molecule has 0 aliphatic rings. The second-order valence-electron chi connectivity index (χ2n) is 9.93. The van der Waals surface area contributed by atoms with E-state index >= 15 is 0 Å². The van der Waals surface area contributed by atoms with E-state index in [4.69, 9.17) is 0 Å². The Hall–Kier alpha value is -4.25. The molecule has 0 aliphatic carbocycles. The van der Waals surface area contributed by atoms with E-state index in [9.17, 15) is 28.1 Å². The van der Waals surface area contributed by atoms with Crippen LogP contribution in [-0.2, 0) is 26.2 Å². The highest BCUT2D eigenvalue weighted by molar-refractivity contribution is 7.92. The summed E-state index contributed by atoms with van der Waals surface area (Å²) in [7, 11) is -4.31. The topological polar surface area (TPSA) is 130 Å².